The Morgan fingerprint density at radius 2 is 2.00 bits per heavy atom. The third-order valence-corrected chi connectivity index (χ3v) is 3.54. The number of fused-ring (bicyclic) bond motifs is 1. The standard InChI is InChI=1S/C10H17NO2/c12-10(13)9-8-4-2-1-3-7(8)5-6-11-9/h7-9,11H,1-6H2,(H,12,13)/t7-,8+,9+/m0/s1. The molecule has 0 aromatic rings. The summed E-state index contributed by atoms with van der Waals surface area (Å²) >= 11 is 0. The van der Waals surface area contributed by atoms with Crippen LogP contribution in [0.5, 0.6) is 0 Å². The number of carbonyl (C=O) groups is 1. The highest BCUT2D eigenvalue weighted by Gasteiger charge is 2.38. The van der Waals surface area contributed by atoms with Crippen LogP contribution in [0.15, 0.2) is 0 Å². The van der Waals surface area contributed by atoms with Crippen LogP contribution in [0, 0.1) is 11.8 Å². The minimum Gasteiger partial charge on any atom is -0.480 e. The maximum Gasteiger partial charge on any atom is 0.320 e. The summed E-state index contributed by atoms with van der Waals surface area (Å²) in [5.74, 6) is 0.424. The molecule has 13 heavy (non-hydrogen) atoms. The van der Waals surface area contributed by atoms with Crippen LogP contribution in [0.25, 0.3) is 0 Å². The van der Waals surface area contributed by atoms with Gasteiger partial charge in [0.2, 0.25) is 0 Å². The Hall–Kier alpha value is -0.570. The Balaban J connectivity index is 2.06. The lowest BCUT2D eigenvalue weighted by Gasteiger charge is -2.39. The number of hydrogen-bond donors (Lipinski definition) is 2. The first kappa shape index (κ1) is 9.00. The molecular weight excluding hydrogens is 166 g/mol. The Kier molecular flexibility index (Phi) is 2.54. The van der Waals surface area contributed by atoms with Crippen molar-refractivity contribution < 1.29 is 9.90 Å². The molecule has 0 bridgehead atoms. The fraction of sp³-hybridized carbons (Fsp3) is 0.900. The van der Waals surface area contributed by atoms with E-state index in [0.29, 0.717) is 11.8 Å². The average Bonchev–Trinajstić information content (AvgIpc) is 2.17. The number of carboxylic acids is 1. The number of aliphatic carboxylic acids is 1. The molecule has 0 unspecified atom stereocenters. The number of hydrogen-bond acceptors (Lipinski definition) is 2. The van der Waals surface area contributed by atoms with Gasteiger partial charge < -0.3 is 10.4 Å². The molecule has 3 atom stereocenters. The fourth-order valence-electron chi connectivity index (χ4n) is 2.88. The van der Waals surface area contributed by atoms with Crippen LogP contribution >= 0.6 is 0 Å². The van der Waals surface area contributed by atoms with Gasteiger partial charge in [0.1, 0.15) is 6.04 Å². The third kappa shape index (κ3) is 1.70. The van der Waals surface area contributed by atoms with Gasteiger partial charge in [0.25, 0.3) is 0 Å². The van der Waals surface area contributed by atoms with Gasteiger partial charge >= 0.3 is 5.97 Å². The molecular formula is C10H17NO2. The van der Waals surface area contributed by atoms with Gasteiger partial charge in [0.15, 0.2) is 0 Å². The Morgan fingerprint density at radius 1 is 1.23 bits per heavy atom. The Labute approximate surface area is 78.5 Å². The normalized spacial score (nSPS) is 39.5. The van der Waals surface area contributed by atoms with E-state index in [0.717, 1.165) is 13.0 Å². The molecule has 1 aliphatic heterocycles. The zero-order valence-electron chi connectivity index (χ0n) is 7.83. The highest BCUT2D eigenvalue weighted by Crippen LogP contribution is 2.36. The number of carboxylic acid groups (broad SMARTS) is 1. The minimum absolute atomic E-state index is 0.265. The lowest BCUT2D eigenvalue weighted by Crippen LogP contribution is -2.51. The highest BCUT2D eigenvalue weighted by atomic mass is 16.4. The molecule has 1 saturated carbocycles. The third-order valence-electron chi connectivity index (χ3n) is 3.54. The fourth-order valence-corrected chi connectivity index (χ4v) is 2.88. The van der Waals surface area contributed by atoms with Crippen molar-refractivity contribution in [2.45, 2.75) is 38.1 Å². The molecule has 0 amide bonds. The maximum absolute atomic E-state index is 10.9. The number of rotatable bonds is 1. The number of nitrogens with one attached hydrogen (secondary N) is 1. The second kappa shape index (κ2) is 3.66. The summed E-state index contributed by atoms with van der Waals surface area (Å²) in [7, 11) is 0. The van der Waals surface area contributed by atoms with Gasteiger partial charge in [-0.15, -0.1) is 0 Å². The van der Waals surface area contributed by atoms with E-state index in [1.165, 1.54) is 25.7 Å². The maximum atomic E-state index is 10.9. The molecule has 3 nitrogen and oxygen atoms in total. The van der Waals surface area contributed by atoms with Gasteiger partial charge in [-0.05, 0) is 31.2 Å². The topological polar surface area (TPSA) is 49.3 Å². The Morgan fingerprint density at radius 3 is 2.77 bits per heavy atom. The molecule has 2 fully saturated rings. The van der Waals surface area contributed by atoms with E-state index in [-0.39, 0.29) is 6.04 Å². The number of piperidine rings is 1. The molecule has 0 spiro atoms. The van der Waals surface area contributed by atoms with E-state index >= 15 is 0 Å². The van der Waals surface area contributed by atoms with Crippen molar-refractivity contribution in [2.75, 3.05) is 6.54 Å². The monoisotopic (exact) mass is 183 g/mol. The van der Waals surface area contributed by atoms with Crippen molar-refractivity contribution in [3.05, 3.63) is 0 Å². The van der Waals surface area contributed by atoms with Crippen LogP contribution in [0.4, 0.5) is 0 Å². The van der Waals surface area contributed by atoms with Gasteiger partial charge in [0, 0.05) is 0 Å². The van der Waals surface area contributed by atoms with Crippen molar-refractivity contribution >= 4 is 5.97 Å². The molecule has 74 valence electrons. The Bertz CT molecular complexity index is 203. The van der Waals surface area contributed by atoms with Gasteiger partial charge in [-0.25, -0.2) is 0 Å². The lowest BCUT2D eigenvalue weighted by molar-refractivity contribution is -0.143. The quantitative estimate of drug-likeness (QED) is 0.643. The zero-order chi connectivity index (χ0) is 9.26. The van der Waals surface area contributed by atoms with E-state index < -0.39 is 5.97 Å². The SMILES string of the molecule is O=C(O)[C@@H]1NCC[C@@H]2CCCC[C@H]21. The lowest BCUT2D eigenvalue weighted by atomic mass is 9.72. The molecule has 2 N–H and O–H groups in total. The van der Waals surface area contributed by atoms with Gasteiger partial charge in [-0.1, -0.05) is 19.3 Å². The van der Waals surface area contributed by atoms with Crippen molar-refractivity contribution in [2.24, 2.45) is 11.8 Å². The van der Waals surface area contributed by atoms with Crippen LogP contribution < -0.4 is 5.32 Å². The highest BCUT2D eigenvalue weighted by molar-refractivity contribution is 5.74. The smallest absolute Gasteiger partial charge is 0.320 e. The molecule has 3 heteroatoms. The van der Waals surface area contributed by atoms with E-state index in [2.05, 4.69) is 5.32 Å². The van der Waals surface area contributed by atoms with E-state index in [1.54, 1.807) is 0 Å². The molecule has 2 rings (SSSR count). The first-order valence-corrected chi connectivity index (χ1v) is 5.25. The largest absolute Gasteiger partial charge is 0.480 e. The minimum atomic E-state index is -0.656. The van der Waals surface area contributed by atoms with Crippen LogP contribution in [-0.2, 0) is 4.79 Å². The van der Waals surface area contributed by atoms with Crippen LogP contribution in [0.3, 0.4) is 0 Å². The molecule has 1 heterocycles. The summed E-state index contributed by atoms with van der Waals surface area (Å²) in [5.41, 5.74) is 0. The summed E-state index contributed by atoms with van der Waals surface area (Å²) in [6.07, 6.45) is 6.04. The predicted molar refractivity (Wildman–Crippen MR) is 49.5 cm³/mol. The second-order valence-corrected chi connectivity index (χ2v) is 4.27. The van der Waals surface area contributed by atoms with E-state index in [4.69, 9.17) is 5.11 Å². The van der Waals surface area contributed by atoms with Gasteiger partial charge in [-0.2, -0.15) is 0 Å². The molecule has 1 aliphatic carbocycles. The summed E-state index contributed by atoms with van der Waals surface area (Å²) in [6.45, 7) is 0.887. The summed E-state index contributed by atoms with van der Waals surface area (Å²) in [6, 6.07) is -0.265. The summed E-state index contributed by atoms with van der Waals surface area (Å²) in [4.78, 5) is 10.9. The predicted octanol–water partition coefficient (Wildman–Crippen LogP) is 1.24. The van der Waals surface area contributed by atoms with E-state index in [9.17, 15) is 4.79 Å². The van der Waals surface area contributed by atoms with Gasteiger partial charge in [-0.3, -0.25) is 4.79 Å². The van der Waals surface area contributed by atoms with E-state index in [1.807, 2.05) is 0 Å². The van der Waals surface area contributed by atoms with Gasteiger partial charge in [0.05, 0.1) is 0 Å². The average molecular weight is 183 g/mol. The van der Waals surface area contributed by atoms with Crippen LogP contribution in [-0.4, -0.2) is 23.7 Å². The van der Waals surface area contributed by atoms with Crippen molar-refractivity contribution in [3.8, 4) is 0 Å². The first-order valence-electron chi connectivity index (χ1n) is 5.25. The van der Waals surface area contributed by atoms with Crippen molar-refractivity contribution in [1.29, 1.82) is 0 Å². The van der Waals surface area contributed by atoms with Crippen molar-refractivity contribution in [3.63, 3.8) is 0 Å². The summed E-state index contributed by atoms with van der Waals surface area (Å²) in [5, 5.41) is 12.1. The first-order chi connectivity index (χ1) is 6.29. The molecule has 0 aromatic heterocycles. The zero-order valence-corrected chi connectivity index (χ0v) is 7.83. The summed E-state index contributed by atoms with van der Waals surface area (Å²) < 4.78 is 0. The molecule has 1 saturated heterocycles. The van der Waals surface area contributed by atoms with Crippen LogP contribution in [0.1, 0.15) is 32.1 Å². The van der Waals surface area contributed by atoms with Crippen LogP contribution in [0.2, 0.25) is 0 Å². The molecule has 0 aromatic carbocycles. The van der Waals surface area contributed by atoms with Crippen molar-refractivity contribution in [1.82, 2.24) is 5.32 Å². The second-order valence-electron chi connectivity index (χ2n) is 4.27. The molecule has 2 aliphatic rings. The molecule has 0 radical (unpaired) electrons.